The van der Waals surface area contributed by atoms with Crippen molar-refractivity contribution in [3.05, 3.63) is 193 Å². The number of nitrogens with two attached hydrogens (primary N) is 1. The number of benzene rings is 6. The van der Waals surface area contributed by atoms with E-state index in [1.807, 2.05) is 12.1 Å². The van der Waals surface area contributed by atoms with Crippen LogP contribution in [0.3, 0.4) is 0 Å². The normalized spacial score (nSPS) is 13.1. The molecule has 0 saturated carbocycles. The molecule has 6 aromatic carbocycles. The maximum atomic E-state index is 13.1. The smallest absolute Gasteiger partial charge is 0.306 e. The van der Waals surface area contributed by atoms with Gasteiger partial charge >= 0.3 is 11.9 Å². The highest BCUT2D eigenvalue weighted by molar-refractivity contribution is 7.00. The molecular formula is C95H146N2O8Si2. The molecule has 2 N–H and O–H groups in total. The fraction of sp³-hybridized carbons (Fsp3) is 0.589. The van der Waals surface area contributed by atoms with E-state index in [-0.39, 0.29) is 46.3 Å². The second kappa shape index (κ2) is 54.7. The lowest BCUT2D eigenvalue weighted by atomic mass is 10.0. The fourth-order valence-electron chi connectivity index (χ4n) is 14.8. The summed E-state index contributed by atoms with van der Waals surface area (Å²) in [6.45, 7) is 25.4. The van der Waals surface area contributed by atoms with Crippen LogP contribution in [0, 0.1) is 0 Å². The summed E-state index contributed by atoms with van der Waals surface area (Å²) >= 11 is 0. The minimum Gasteiger partial charge on any atom is -0.462 e. The number of hydrogen-bond acceptors (Lipinski definition) is 10. The van der Waals surface area contributed by atoms with Gasteiger partial charge in [0.2, 0.25) is 0 Å². The maximum Gasteiger partial charge on any atom is 0.306 e. The van der Waals surface area contributed by atoms with Crippen LogP contribution in [0.25, 0.3) is 0 Å². The molecule has 0 spiro atoms. The summed E-state index contributed by atoms with van der Waals surface area (Å²) in [6.07, 6.45) is 38.1. The van der Waals surface area contributed by atoms with Crippen molar-refractivity contribution >= 4 is 55.0 Å². The number of carbonyl (C=O) groups excluding carboxylic acids is 2. The van der Waals surface area contributed by atoms with Gasteiger partial charge in [0.05, 0.1) is 57.4 Å². The minimum atomic E-state index is -2.84. The Bertz CT molecular complexity index is 3060. The van der Waals surface area contributed by atoms with Gasteiger partial charge in [0.15, 0.2) is 0 Å². The van der Waals surface area contributed by atoms with E-state index in [2.05, 4.69) is 239 Å². The van der Waals surface area contributed by atoms with E-state index < -0.39 is 16.6 Å². The molecule has 0 aliphatic rings. The van der Waals surface area contributed by atoms with Gasteiger partial charge in [-0.25, -0.2) is 0 Å². The first-order valence-corrected chi connectivity index (χ1v) is 46.3. The molecule has 107 heavy (non-hydrogen) atoms. The molecule has 0 amide bonds. The summed E-state index contributed by atoms with van der Waals surface area (Å²) in [5.74, 6) is -0.116. The first-order valence-electron chi connectivity index (χ1n) is 42.5. The largest absolute Gasteiger partial charge is 0.462 e. The van der Waals surface area contributed by atoms with E-state index in [1.165, 1.54) is 162 Å². The van der Waals surface area contributed by atoms with Gasteiger partial charge in [-0.3, -0.25) is 14.6 Å². The highest BCUT2D eigenvalue weighted by Gasteiger charge is 2.51. The van der Waals surface area contributed by atoms with Crippen molar-refractivity contribution in [3.63, 3.8) is 0 Å². The lowest BCUT2D eigenvalue weighted by Gasteiger charge is -2.43. The van der Waals surface area contributed by atoms with Gasteiger partial charge in [-0.2, -0.15) is 0 Å². The van der Waals surface area contributed by atoms with Crippen LogP contribution >= 0.6 is 0 Å². The highest BCUT2D eigenvalue weighted by atomic mass is 28.4. The zero-order chi connectivity index (χ0) is 77.0. The Balaban J connectivity index is 0.000000396. The molecule has 6 rings (SSSR count). The van der Waals surface area contributed by atoms with Crippen molar-refractivity contribution in [2.45, 2.75) is 322 Å². The number of nitrogens with zero attached hydrogens (tertiary/aromatic N) is 1. The van der Waals surface area contributed by atoms with Gasteiger partial charge in [-0.15, -0.1) is 0 Å². The Morgan fingerprint density at radius 2 is 0.626 bits per heavy atom. The number of esters is 2. The van der Waals surface area contributed by atoms with Gasteiger partial charge in [0, 0.05) is 36.8 Å². The number of hydrogen-bond donors (Lipinski definition) is 1. The Labute approximate surface area is 654 Å². The number of unbranched alkanes of at least 4 members (excludes halogenated alkanes) is 24. The van der Waals surface area contributed by atoms with Gasteiger partial charge in [0.25, 0.3) is 16.6 Å². The standard InChI is InChI=1S/C54H77NO4Si.C41H69NO4Si/c1-6-8-10-12-13-14-15-17-31-41-52(56)59-49(36-26-16-11-9-7-2)42-43-57-44-48(55-53(46-32-22-18-23-33-46)47-34-24-19-25-35-47)45-58-60(54(3,4)5,50-37-27-20-28-38-50)51-39-29-21-30-40-51;1-6-8-10-12-13-14-15-17-25-31-40(43)46-37(26-20-16-11-9-7-2)32-33-44-34-36(42)35-45-47(41(3,4)5,38-27-21-18-22-28-38)39-29-23-19-24-30-39/h18-25,27-30,32-35,37-40,48-49H,6-17,26,31,36,41-45H2,1-5H3;18-19,21-24,27-30,36-37H,6-17,20,25-26,31-35,42H2,1-5H3/t48-,49-;36-,37-/m11/s1. The van der Waals surface area contributed by atoms with Crippen LogP contribution in [0.5, 0.6) is 0 Å². The van der Waals surface area contributed by atoms with E-state index in [4.69, 9.17) is 38.5 Å². The zero-order valence-corrected chi connectivity index (χ0v) is 70.7. The zero-order valence-electron chi connectivity index (χ0n) is 68.7. The monoisotopic (exact) mass is 1500 g/mol. The number of rotatable bonds is 57. The third-order valence-corrected chi connectivity index (χ3v) is 30.9. The van der Waals surface area contributed by atoms with E-state index >= 15 is 0 Å². The molecule has 592 valence electrons. The first kappa shape index (κ1) is 91.8. The Morgan fingerprint density at radius 3 is 0.944 bits per heavy atom. The van der Waals surface area contributed by atoms with Crippen molar-refractivity contribution in [1.29, 1.82) is 0 Å². The van der Waals surface area contributed by atoms with Crippen molar-refractivity contribution in [2.75, 3.05) is 39.6 Å². The molecule has 0 heterocycles. The molecular weight excluding hydrogens is 1350 g/mol. The molecule has 0 aliphatic carbocycles. The molecule has 0 aromatic heterocycles. The molecule has 10 nitrogen and oxygen atoms in total. The SMILES string of the molecule is CCCCCCCCCCCC(=O)O[C@H](CCCCCCC)CCOC[C@@H](N)CO[Si](c1ccccc1)(c1ccccc1)C(C)(C)C.CCCCCCCCCCCC(=O)O[C@H](CCCCCCC)CCOC[C@H](CO[Si](c1ccccc1)(c1ccccc1)C(C)(C)C)N=C(c1ccccc1)c1ccccc1. The van der Waals surface area contributed by atoms with Crippen LogP contribution in [0.4, 0.5) is 0 Å². The summed E-state index contributed by atoms with van der Waals surface area (Å²) < 4.78 is 39.3. The molecule has 0 bridgehead atoms. The second-order valence-corrected chi connectivity index (χ2v) is 40.7. The molecule has 0 radical (unpaired) electrons. The van der Waals surface area contributed by atoms with Crippen molar-refractivity contribution in [3.8, 4) is 0 Å². The predicted octanol–water partition coefficient (Wildman–Crippen LogP) is 22.6. The summed E-state index contributed by atoms with van der Waals surface area (Å²) in [6, 6.07) is 63.2. The van der Waals surface area contributed by atoms with Gasteiger partial charge < -0.3 is 33.5 Å². The van der Waals surface area contributed by atoms with Gasteiger partial charge in [-0.05, 0) is 69.3 Å². The van der Waals surface area contributed by atoms with Gasteiger partial charge in [-0.1, -0.05) is 405 Å². The average Bonchev–Trinajstić information content (AvgIpc) is 0.755. The first-order chi connectivity index (χ1) is 52.0. The molecule has 0 saturated heterocycles. The van der Waals surface area contributed by atoms with Crippen molar-refractivity contribution < 1.29 is 37.4 Å². The summed E-state index contributed by atoms with van der Waals surface area (Å²) in [5.41, 5.74) is 9.65. The molecule has 12 heteroatoms. The van der Waals surface area contributed by atoms with E-state index in [0.717, 1.165) is 68.2 Å². The fourth-order valence-corrected chi connectivity index (χ4v) is 24.1. The Morgan fingerprint density at radius 1 is 0.346 bits per heavy atom. The minimum absolute atomic E-state index is 0.0538. The van der Waals surface area contributed by atoms with Crippen LogP contribution in [0.2, 0.25) is 10.1 Å². The third-order valence-electron chi connectivity index (χ3n) is 20.9. The van der Waals surface area contributed by atoms with E-state index in [0.29, 0.717) is 65.3 Å². The Kier molecular flexibility index (Phi) is 46.9. The highest BCUT2D eigenvalue weighted by Crippen LogP contribution is 2.38. The van der Waals surface area contributed by atoms with Gasteiger partial charge in [0.1, 0.15) is 12.2 Å². The lowest BCUT2D eigenvalue weighted by Crippen LogP contribution is -2.67. The Hall–Kier alpha value is -5.84. The van der Waals surface area contributed by atoms with Crippen LogP contribution < -0.4 is 26.5 Å². The van der Waals surface area contributed by atoms with E-state index in [9.17, 15) is 9.59 Å². The second-order valence-electron chi connectivity index (χ2n) is 32.1. The third kappa shape index (κ3) is 35.0. The number of ether oxygens (including phenoxy) is 4. The predicted molar refractivity (Wildman–Crippen MR) is 459 cm³/mol. The summed E-state index contributed by atoms with van der Waals surface area (Å²) in [4.78, 5) is 31.4. The van der Waals surface area contributed by atoms with Crippen LogP contribution in [-0.4, -0.2) is 98.2 Å². The van der Waals surface area contributed by atoms with Crippen LogP contribution in [0.15, 0.2) is 187 Å². The molecule has 4 atom stereocenters. The topological polar surface area (TPSA) is 128 Å². The van der Waals surface area contributed by atoms with Crippen LogP contribution in [0.1, 0.15) is 299 Å². The lowest BCUT2D eigenvalue weighted by molar-refractivity contribution is -0.151. The molecule has 0 fully saturated rings. The molecule has 0 unspecified atom stereocenters. The van der Waals surface area contributed by atoms with E-state index in [1.54, 1.807) is 0 Å². The molecule has 0 aliphatic heterocycles. The number of aliphatic imine (C=N–C) groups is 1. The number of carbonyl (C=O) groups is 2. The summed E-state index contributed by atoms with van der Waals surface area (Å²) in [7, 11) is -5.48. The van der Waals surface area contributed by atoms with Crippen molar-refractivity contribution in [1.82, 2.24) is 0 Å². The molecule has 6 aromatic rings. The maximum absolute atomic E-state index is 13.1. The average molecular weight is 1500 g/mol. The quantitative estimate of drug-likeness (QED) is 0.0172. The summed E-state index contributed by atoms with van der Waals surface area (Å²) in [5, 5.41) is 4.71. The van der Waals surface area contributed by atoms with Crippen LogP contribution in [-0.2, 0) is 37.4 Å². The van der Waals surface area contributed by atoms with Crippen molar-refractivity contribution in [2.24, 2.45) is 10.7 Å².